The number of ether oxygens (including phenoxy) is 2. The zero-order valence-electron chi connectivity index (χ0n) is 15.6. The normalized spacial score (nSPS) is 32.4. The molecule has 0 saturated carbocycles. The summed E-state index contributed by atoms with van der Waals surface area (Å²) in [6.07, 6.45) is 1.08. The van der Waals surface area contributed by atoms with Gasteiger partial charge in [-0.25, -0.2) is 4.79 Å². The molecule has 1 fully saturated rings. The van der Waals surface area contributed by atoms with Crippen molar-refractivity contribution in [1.29, 1.82) is 0 Å². The summed E-state index contributed by atoms with van der Waals surface area (Å²) in [5, 5.41) is 0. The van der Waals surface area contributed by atoms with E-state index in [0.717, 1.165) is 11.1 Å². The molecule has 0 radical (unpaired) electrons. The van der Waals surface area contributed by atoms with Gasteiger partial charge in [0.05, 0.1) is 11.5 Å². The Morgan fingerprint density at radius 1 is 1.15 bits per heavy atom. The second-order valence-corrected chi connectivity index (χ2v) is 7.71. The maximum absolute atomic E-state index is 12.6. The Morgan fingerprint density at radius 2 is 1.85 bits per heavy atom. The standard InChI is InChI=1S/C22H22O5/c1-11-9-15(23)17-12(2)10-16(26-22(25)14-7-5-4-6-8-14)19-13(3)21(24)27-20(19)18(11)17/h4-9,13,16,18-20H,10H2,1-3H3/t13-,16-,18-,19+,20+/m1/s1. The van der Waals surface area contributed by atoms with E-state index in [4.69, 9.17) is 9.47 Å². The zero-order valence-corrected chi connectivity index (χ0v) is 15.6. The molecule has 2 aliphatic carbocycles. The molecule has 0 unspecified atom stereocenters. The van der Waals surface area contributed by atoms with Gasteiger partial charge in [-0.2, -0.15) is 0 Å². The van der Waals surface area contributed by atoms with Gasteiger partial charge in [-0.3, -0.25) is 9.59 Å². The largest absolute Gasteiger partial charge is 0.461 e. The summed E-state index contributed by atoms with van der Waals surface area (Å²) in [5.41, 5.74) is 2.97. The Morgan fingerprint density at radius 3 is 2.56 bits per heavy atom. The number of benzene rings is 1. The Kier molecular flexibility index (Phi) is 4.25. The number of rotatable bonds is 2. The second-order valence-electron chi connectivity index (χ2n) is 7.71. The molecule has 5 heteroatoms. The summed E-state index contributed by atoms with van der Waals surface area (Å²) < 4.78 is 11.6. The molecule has 0 spiro atoms. The molecule has 4 rings (SSSR count). The maximum atomic E-state index is 12.6. The Hall–Kier alpha value is -2.69. The first-order valence-corrected chi connectivity index (χ1v) is 9.27. The van der Waals surface area contributed by atoms with Gasteiger partial charge in [0.25, 0.3) is 0 Å². The molecule has 3 aliphatic rings. The lowest BCUT2D eigenvalue weighted by molar-refractivity contribution is -0.144. The molecule has 27 heavy (non-hydrogen) atoms. The topological polar surface area (TPSA) is 69.7 Å². The lowest BCUT2D eigenvalue weighted by Gasteiger charge is -2.29. The van der Waals surface area contributed by atoms with Gasteiger partial charge < -0.3 is 9.47 Å². The zero-order chi connectivity index (χ0) is 19.3. The highest BCUT2D eigenvalue weighted by Crippen LogP contribution is 2.48. The van der Waals surface area contributed by atoms with Crippen LogP contribution >= 0.6 is 0 Å². The average molecular weight is 366 g/mol. The molecule has 140 valence electrons. The molecule has 0 aromatic heterocycles. The Bertz CT molecular complexity index is 879. The van der Waals surface area contributed by atoms with Crippen LogP contribution in [0.3, 0.4) is 0 Å². The van der Waals surface area contributed by atoms with Gasteiger partial charge in [-0.15, -0.1) is 0 Å². The summed E-state index contributed by atoms with van der Waals surface area (Å²) in [5.74, 6) is -1.65. The van der Waals surface area contributed by atoms with E-state index in [-0.39, 0.29) is 29.5 Å². The monoisotopic (exact) mass is 366 g/mol. The van der Waals surface area contributed by atoms with Crippen LogP contribution in [0.5, 0.6) is 0 Å². The van der Waals surface area contributed by atoms with E-state index >= 15 is 0 Å². The van der Waals surface area contributed by atoms with Crippen LogP contribution in [0.4, 0.5) is 0 Å². The number of hydrogen-bond acceptors (Lipinski definition) is 5. The van der Waals surface area contributed by atoms with Gasteiger partial charge in [0.15, 0.2) is 5.78 Å². The van der Waals surface area contributed by atoms with E-state index < -0.39 is 18.2 Å². The van der Waals surface area contributed by atoms with Crippen LogP contribution in [-0.2, 0) is 19.1 Å². The quantitative estimate of drug-likeness (QED) is 0.752. The lowest BCUT2D eigenvalue weighted by atomic mass is 9.79. The third-order valence-electron chi connectivity index (χ3n) is 6.00. The highest BCUT2D eigenvalue weighted by atomic mass is 16.6. The van der Waals surface area contributed by atoms with E-state index in [9.17, 15) is 14.4 Å². The molecular weight excluding hydrogens is 344 g/mol. The molecule has 1 aliphatic heterocycles. The highest BCUT2D eigenvalue weighted by Gasteiger charge is 2.55. The molecule has 1 aromatic rings. The van der Waals surface area contributed by atoms with Crippen LogP contribution in [0.15, 0.2) is 53.1 Å². The van der Waals surface area contributed by atoms with Gasteiger partial charge in [0.1, 0.15) is 12.2 Å². The van der Waals surface area contributed by atoms with Crippen molar-refractivity contribution in [2.45, 2.75) is 39.4 Å². The van der Waals surface area contributed by atoms with Crippen molar-refractivity contribution in [3.8, 4) is 0 Å². The van der Waals surface area contributed by atoms with Crippen LogP contribution in [-0.4, -0.2) is 29.9 Å². The number of carbonyl (C=O) groups is 3. The minimum atomic E-state index is -0.511. The molecule has 0 bridgehead atoms. The van der Waals surface area contributed by atoms with Crippen LogP contribution in [0, 0.1) is 17.8 Å². The number of carbonyl (C=O) groups excluding carboxylic acids is 3. The fourth-order valence-electron chi connectivity index (χ4n) is 4.69. The summed E-state index contributed by atoms with van der Waals surface area (Å²) >= 11 is 0. The maximum Gasteiger partial charge on any atom is 0.338 e. The first kappa shape index (κ1) is 17.7. The molecular formula is C22H22O5. The Balaban J connectivity index is 1.71. The smallest absolute Gasteiger partial charge is 0.338 e. The predicted molar refractivity (Wildman–Crippen MR) is 97.8 cm³/mol. The number of ketones is 1. The first-order valence-electron chi connectivity index (χ1n) is 9.27. The van der Waals surface area contributed by atoms with Crippen molar-refractivity contribution in [2.75, 3.05) is 0 Å². The third-order valence-corrected chi connectivity index (χ3v) is 6.00. The fourth-order valence-corrected chi connectivity index (χ4v) is 4.69. The summed E-state index contributed by atoms with van der Waals surface area (Å²) in [7, 11) is 0. The van der Waals surface area contributed by atoms with Gasteiger partial charge in [-0.05, 0) is 32.1 Å². The molecule has 5 atom stereocenters. The van der Waals surface area contributed by atoms with Crippen molar-refractivity contribution in [3.63, 3.8) is 0 Å². The van der Waals surface area contributed by atoms with Crippen molar-refractivity contribution < 1.29 is 23.9 Å². The third kappa shape index (κ3) is 2.82. The van der Waals surface area contributed by atoms with Crippen molar-refractivity contribution in [3.05, 3.63) is 58.7 Å². The van der Waals surface area contributed by atoms with Crippen molar-refractivity contribution >= 4 is 17.7 Å². The van der Waals surface area contributed by atoms with Crippen LogP contribution in [0.1, 0.15) is 37.6 Å². The highest BCUT2D eigenvalue weighted by molar-refractivity contribution is 6.09. The van der Waals surface area contributed by atoms with E-state index in [1.165, 1.54) is 0 Å². The van der Waals surface area contributed by atoms with E-state index in [1.807, 2.05) is 26.8 Å². The van der Waals surface area contributed by atoms with Crippen LogP contribution < -0.4 is 0 Å². The van der Waals surface area contributed by atoms with Crippen molar-refractivity contribution in [1.82, 2.24) is 0 Å². The van der Waals surface area contributed by atoms with Gasteiger partial charge in [-0.1, -0.05) is 36.3 Å². The molecule has 0 N–H and O–H groups in total. The average Bonchev–Trinajstić information content (AvgIpc) is 3.05. The van der Waals surface area contributed by atoms with E-state index in [0.29, 0.717) is 17.6 Å². The number of fused-ring (bicyclic) bond motifs is 3. The van der Waals surface area contributed by atoms with E-state index in [1.54, 1.807) is 30.3 Å². The van der Waals surface area contributed by atoms with Gasteiger partial charge >= 0.3 is 11.9 Å². The molecule has 1 saturated heterocycles. The van der Waals surface area contributed by atoms with Crippen molar-refractivity contribution in [2.24, 2.45) is 17.8 Å². The summed E-state index contributed by atoms with van der Waals surface area (Å²) in [4.78, 5) is 37.5. The van der Waals surface area contributed by atoms with Crippen LogP contribution in [0.2, 0.25) is 0 Å². The SMILES string of the molecule is CC1=CC(=O)C2=C(C)C[C@@H](OC(=O)c3ccccc3)[C@H]3[C@@H](OC(=O)[C@@H]3C)[C@H]12. The first-order chi connectivity index (χ1) is 12.9. The predicted octanol–water partition coefficient (Wildman–Crippen LogP) is 3.26. The fraction of sp³-hybridized carbons (Fsp3) is 0.409. The summed E-state index contributed by atoms with van der Waals surface area (Å²) in [6, 6.07) is 8.80. The minimum absolute atomic E-state index is 0.0283. The number of allylic oxidation sites excluding steroid dienone is 1. The Labute approximate surface area is 158 Å². The number of esters is 2. The van der Waals surface area contributed by atoms with Gasteiger partial charge in [0, 0.05) is 23.8 Å². The minimum Gasteiger partial charge on any atom is -0.461 e. The molecule has 5 nitrogen and oxygen atoms in total. The molecule has 0 amide bonds. The van der Waals surface area contributed by atoms with Gasteiger partial charge in [0.2, 0.25) is 0 Å². The lowest BCUT2D eigenvalue weighted by Crippen LogP contribution is -2.38. The second kappa shape index (κ2) is 6.48. The molecule has 1 heterocycles. The van der Waals surface area contributed by atoms with Crippen LogP contribution in [0.25, 0.3) is 0 Å². The van der Waals surface area contributed by atoms with E-state index in [2.05, 4.69) is 0 Å². The number of hydrogen-bond donors (Lipinski definition) is 0. The summed E-state index contributed by atoms with van der Waals surface area (Å²) in [6.45, 7) is 5.61. The molecule has 1 aromatic carbocycles.